The van der Waals surface area contributed by atoms with Crippen molar-refractivity contribution in [2.24, 2.45) is 0 Å². The van der Waals surface area contributed by atoms with Gasteiger partial charge in [-0.2, -0.15) is 0 Å². The third kappa shape index (κ3) is 4.35. The Balaban J connectivity index is 1.43. The minimum absolute atomic E-state index is 0.140. The van der Waals surface area contributed by atoms with Crippen molar-refractivity contribution in [3.05, 3.63) is 88.7 Å². The molecule has 2 aromatic heterocycles. The molecular formula is C21H19ClN4O2. The monoisotopic (exact) mass is 394 g/mol. The van der Waals surface area contributed by atoms with E-state index in [4.69, 9.17) is 16.3 Å². The number of rotatable bonds is 4. The zero-order chi connectivity index (χ0) is 19.3. The number of ether oxygens (including phenoxy) is 1. The first-order chi connectivity index (χ1) is 13.7. The van der Waals surface area contributed by atoms with Crippen molar-refractivity contribution in [3.63, 3.8) is 0 Å². The maximum Gasteiger partial charge on any atom is 0.274 e. The Bertz CT molecular complexity index is 950. The first-order valence-electron chi connectivity index (χ1n) is 9.05. The lowest BCUT2D eigenvalue weighted by molar-refractivity contribution is -0.0249. The van der Waals surface area contributed by atoms with Gasteiger partial charge in [0, 0.05) is 30.2 Å². The molecule has 1 fully saturated rings. The number of hydrogen-bond donors (Lipinski definition) is 0. The lowest BCUT2D eigenvalue weighted by atomic mass is 10.1. The quantitative estimate of drug-likeness (QED) is 0.679. The summed E-state index contributed by atoms with van der Waals surface area (Å²) in [6.07, 6.45) is 6.91. The second-order valence-electron chi connectivity index (χ2n) is 6.60. The largest absolute Gasteiger partial charge is 0.368 e. The van der Waals surface area contributed by atoms with E-state index >= 15 is 0 Å². The molecule has 0 spiro atoms. The van der Waals surface area contributed by atoms with Gasteiger partial charge in [0.15, 0.2) is 0 Å². The normalized spacial score (nSPS) is 16.8. The molecule has 1 aliphatic heterocycles. The maximum absolute atomic E-state index is 12.6. The number of aromatic nitrogens is 3. The van der Waals surface area contributed by atoms with Crippen LogP contribution in [0.3, 0.4) is 0 Å². The molecule has 1 saturated heterocycles. The van der Waals surface area contributed by atoms with E-state index in [0.29, 0.717) is 25.4 Å². The molecule has 7 heteroatoms. The van der Waals surface area contributed by atoms with Crippen molar-refractivity contribution in [3.8, 4) is 0 Å². The minimum atomic E-state index is -0.255. The molecule has 3 aromatic rings. The van der Waals surface area contributed by atoms with Gasteiger partial charge in [-0.15, -0.1) is 0 Å². The zero-order valence-corrected chi connectivity index (χ0v) is 15.9. The zero-order valence-electron chi connectivity index (χ0n) is 15.2. The summed E-state index contributed by atoms with van der Waals surface area (Å²) >= 11 is 6.05. The number of benzene rings is 1. The van der Waals surface area contributed by atoms with Crippen LogP contribution < -0.4 is 0 Å². The Kier molecular flexibility index (Phi) is 5.60. The summed E-state index contributed by atoms with van der Waals surface area (Å²) in [6.45, 7) is 1.43. The van der Waals surface area contributed by atoms with Crippen LogP contribution in [0.4, 0.5) is 0 Å². The Hall–Kier alpha value is -2.83. The van der Waals surface area contributed by atoms with Crippen molar-refractivity contribution in [1.82, 2.24) is 19.9 Å². The molecule has 1 aromatic carbocycles. The van der Waals surface area contributed by atoms with Crippen LogP contribution >= 0.6 is 11.6 Å². The van der Waals surface area contributed by atoms with Gasteiger partial charge in [-0.3, -0.25) is 14.8 Å². The van der Waals surface area contributed by atoms with Gasteiger partial charge in [-0.1, -0.05) is 29.8 Å². The van der Waals surface area contributed by atoms with E-state index < -0.39 is 0 Å². The van der Waals surface area contributed by atoms with E-state index in [1.54, 1.807) is 11.1 Å². The van der Waals surface area contributed by atoms with Gasteiger partial charge in [0.25, 0.3) is 5.91 Å². The smallest absolute Gasteiger partial charge is 0.274 e. The van der Waals surface area contributed by atoms with Crippen molar-refractivity contribution in [2.45, 2.75) is 12.5 Å². The molecule has 0 aliphatic carbocycles. The highest BCUT2D eigenvalue weighted by molar-refractivity contribution is 6.30. The van der Waals surface area contributed by atoms with Crippen LogP contribution in [0, 0.1) is 0 Å². The molecular weight excluding hydrogens is 376 g/mol. The lowest BCUT2D eigenvalue weighted by Gasteiger charge is -2.32. The fourth-order valence-corrected chi connectivity index (χ4v) is 3.41. The number of carbonyl (C=O) groups excluding carboxylic acids is 1. The van der Waals surface area contributed by atoms with Gasteiger partial charge >= 0.3 is 0 Å². The number of amides is 1. The number of halogens is 1. The van der Waals surface area contributed by atoms with Gasteiger partial charge in [-0.05, 0) is 35.7 Å². The molecule has 4 rings (SSSR count). The molecule has 0 radical (unpaired) electrons. The van der Waals surface area contributed by atoms with Gasteiger partial charge in [0.2, 0.25) is 0 Å². The van der Waals surface area contributed by atoms with E-state index in [9.17, 15) is 4.79 Å². The number of carbonyl (C=O) groups is 1. The van der Waals surface area contributed by atoms with Crippen LogP contribution in [0.25, 0.3) is 0 Å². The Morgan fingerprint density at radius 1 is 1.14 bits per heavy atom. The highest BCUT2D eigenvalue weighted by Crippen LogP contribution is 2.22. The fourth-order valence-electron chi connectivity index (χ4n) is 3.20. The summed E-state index contributed by atoms with van der Waals surface area (Å²) in [6, 6.07) is 11.8. The second kappa shape index (κ2) is 8.46. The molecule has 28 heavy (non-hydrogen) atoms. The molecule has 1 amide bonds. The number of pyridine rings is 1. The summed E-state index contributed by atoms with van der Waals surface area (Å²) in [5, 5.41) is 0.727. The molecule has 1 atom stereocenters. The highest BCUT2D eigenvalue weighted by Gasteiger charge is 2.27. The van der Waals surface area contributed by atoms with Crippen molar-refractivity contribution >= 4 is 17.5 Å². The minimum Gasteiger partial charge on any atom is -0.368 e. The predicted octanol–water partition coefficient (Wildman–Crippen LogP) is 3.33. The standard InChI is InChI=1S/C21H19ClN4O2/c22-17-3-1-2-15(11-17)10-16-4-5-18(25-12-16)20-14-26(8-9-28-20)21(27)19-13-23-6-7-24-19/h1-7,11-13,20H,8-10,14H2. The SMILES string of the molecule is O=C(c1cnccn1)N1CCOC(c2ccc(Cc3cccc(Cl)c3)cn2)C1. The first-order valence-corrected chi connectivity index (χ1v) is 9.43. The van der Waals surface area contributed by atoms with Crippen LogP contribution in [0.2, 0.25) is 5.02 Å². The molecule has 1 aliphatic rings. The van der Waals surface area contributed by atoms with Crippen LogP contribution in [0.1, 0.15) is 33.4 Å². The summed E-state index contributed by atoms with van der Waals surface area (Å²) in [5.41, 5.74) is 3.38. The molecule has 0 saturated carbocycles. The third-order valence-electron chi connectivity index (χ3n) is 4.61. The molecule has 3 heterocycles. The number of nitrogens with zero attached hydrogens (tertiary/aromatic N) is 4. The van der Waals surface area contributed by atoms with E-state index in [1.165, 1.54) is 12.4 Å². The predicted molar refractivity (Wildman–Crippen MR) is 105 cm³/mol. The van der Waals surface area contributed by atoms with Crippen LogP contribution in [-0.2, 0) is 11.2 Å². The van der Waals surface area contributed by atoms with E-state index in [0.717, 1.165) is 28.3 Å². The summed E-state index contributed by atoms with van der Waals surface area (Å²) in [5.74, 6) is -0.140. The van der Waals surface area contributed by atoms with Gasteiger partial charge in [0.05, 0.1) is 25.0 Å². The van der Waals surface area contributed by atoms with Crippen LogP contribution in [0.5, 0.6) is 0 Å². The van der Waals surface area contributed by atoms with Crippen LogP contribution in [0.15, 0.2) is 61.2 Å². The van der Waals surface area contributed by atoms with Gasteiger partial charge in [0.1, 0.15) is 11.8 Å². The Morgan fingerprint density at radius 2 is 2.07 bits per heavy atom. The van der Waals surface area contributed by atoms with Crippen molar-refractivity contribution < 1.29 is 9.53 Å². The van der Waals surface area contributed by atoms with E-state index in [2.05, 4.69) is 15.0 Å². The van der Waals surface area contributed by atoms with Gasteiger partial charge in [-0.25, -0.2) is 4.98 Å². The third-order valence-corrected chi connectivity index (χ3v) is 4.85. The topological polar surface area (TPSA) is 68.2 Å². The highest BCUT2D eigenvalue weighted by atomic mass is 35.5. The average Bonchev–Trinajstić information content (AvgIpc) is 2.74. The maximum atomic E-state index is 12.6. The summed E-state index contributed by atoms with van der Waals surface area (Å²) in [7, 11) is 0. The van der Waals surface area contributed by atoms with E-state index in [-0.39, 0.29) is 12.0 Å². The number of hydrogen-bond acceptors (Lipinski definition) is 5. The summed E-state index contributed by atoms with van der Waals surface area (Å²) < 4.78 is 5.84. The Morgan fingerprint density at radius 3 is 2.82 bits per heavy atom. The summed E-state index contributed by atoms with van der Waals surface area (Å²) in [4.78, 5) is 27.0. The second-order valence-corrected chi connectivity index (χ2v) is 7.04. The molecule has 0 bridgehead atoms. The van der Waals surface area contributed by atoms with Crippen LogP contribution in [-0.4, -0.2) is 45.5 Å². The average molecular weight is 395 g/mol. The number of morpholine rings is 1. The molecule has 0 N–H and O–H groups in total. The molecule has 6 nitrogen and oxygen atoms in total. The lowest BCUT2D eigenvalue weighted by Crippen LogP contribution is -2.42. The van der Waals surface area contributed by atoms with Crippen molar-refractivity contribution in [1.29, 1.82) is 0 Å². The molecule has 142 valence electrons. The Labute approximate surface area is 168 Å². The molecule has 1 unspecified atom stereocenters. The van der Waals surface area contributed by atoms with Gasteiger partial charge < -0.3 is 9.64 Å². The van der Waals surface area contributed by atoms with E-state index in [1.807, 2.05) is 42.6 Å². The van der Waals surface area contributed by atoms with Crippen molar-refractivity contribution in [2.75, 3.05) is 19.7 Å². The fraction of sp³-hybridized carbons (Fsp3) is 0.238. The first kappa shape index (κ1) is 18.5.